The minimum atomic E-state index is -0.112. The molecule has 2 heterocycles. The Kier molecular flexibility index (Phi) is 5.04. The molecule has 3 aromatic rings. The highest BCUT2D eigenvalue weighted by Gasteiger charge is 2.22. The fourth-order valence-electron chi connectivity index (χ4n) is 3.32. The second-order valence-electron chi connectivity index (χ2n) is 8.89. The molecule has 0 radical (unpaired) electrons. The minimum absolute atomic E-state index is 0.0128. The Morgan fingerprint density at radius 3 is 2.39 bits per heavy atom. The number of pyridine rings is 1. The number of carbonyl (C=O) groups excluding carboxylic acids is 1. The summed E-state index contributed by atoms with van der Waals surface area (Å²) in [5.41, 5.74) is 5.32. The highest BCUT2D eigenvalue weighted by Crippen LogP contribution is 2.30. The van der Waals surface area contributed by atoms with Crippen molar-refractivity contribution in [3.05, 3.63) is 47.3 Å². The molecule has 3 rings (SSSR count). The minimum Gasteiger partial charge on any atom is -0.339 e. The fraction of sp³-hybridized carbons (Fsp3) is 0.435. The van der Waals surface area contributed by atoms with E-state index in [0.29, 0.717) is 5.56 Å². The summed E-state index contributed by atoms with van der Waals surface area (Å²) in [5.74, 6) is 0.0128. The van der Waals surface area contributed by atoms with Crippen molar-refractivity contribution in [2.75, 3.05) is 7.05 Å². The van der Waals surface area contributed by atoms with Gasteiger partial charge in [-0.1, -0.05) is 6.07 Å². The highest BCUT2D eigenvalue weighted by molar-refractivity contribution is 6.08. The molecule has 0 aliphatic carbocycles. The van der Waals surface area contributed by atoms with Gasteiger partial charge >= 0.3 is 0 Å². The van der Waals surface area contributed by atoms with Crippen LogP contribution in [-0.2, 0) is 5.54 Å². The normalized spacial score (nSPS) is 12.0. The van der Waals surface area contributed by atoms with Crippen molar-refractivity contribution >= 4 is 16.8 Å². The standard InChI is InChI=1S/C23H30N4O/c1-14(2)26(8)22(28)18-11-19(17-12-24-27(13-17)23(5,6)7)25-20-10-15(3)9-16(4)21(18)20/h9-14H,1-8H3. The lowest BCUT2D eigenvalue weighted by Crippen LogP contribution is -2.33. The summed E-state index contributed by atoms with van der Waals surface area (Å²) in [6.45, 7) is 14.5. The topological polar surface area (TPSA) is 51.0 Å². The second-order valence-corrected chi connectivity index (χ2v) is 8.89. The lowest BCUT2D eigenvalue weighted by molar-refractivity contribution is 0.0757. The summed E-state index contributed by atoms with van der Waals surface area (Å²) < 4.78 is 1.93. The first kappa shape index (κ1) is 20.1. The van der Waals surface area contributed by atoms with Crippen LogP contribution in [0.15, 0.2) is 30.6 Å². The van der Waals surface area contributed by atoms with E-state index in [1.54, 1.807) is 4.90 Å². The maximum atomic E-state index is 13.3. The number of rotatable bonds is 3. The summed E-state index contributed by atoms with van der Waals surface area (Å²) in [5, 5.41) is 5.42. The molecular weight excluding hydrogens is 348 g/mol. The molecule has 0 spiro atoms. The predicted octanol–water partition coefficient (Wildman–Crippen LogP) is 4.95. The zero-order chi connectivity index (χ0) is 20.8. The van der Waals surface area contributed by atoms with E-state index in [0.717, 1.165) is 33.3 Å². The van der Waals surface area contributed by atoms with Crippen LogP contribution in [0, 0.1) is 13.8 Å². The van der Waals surface area contributed by atoms with Crippen molar-refractivity contribution in [1.29, 1.82) is 0 Å². The first-order valence-electron chi connectivity index (χ1n) is 9.73. The molecule has 0 bridgehead atoms. The van der Waals surface area contributed by atoms with Crippen molar-refractivity contribution in [2.24, 2.45) is 0 Å². The molecule has 2 aromatic heterocycles. The van der Waals surface area contributed by atoms with Gasteiger partial charge in [0, 0.05) is 30.2 Å². The number of fused-ring (bicyclic) bond motifs is 1. The Labute approximate surface area is 167 Å². The fourth-order valence-corrected chi connectivity index (χ4v) is 3.32. The zero-order valence-corrected chi connectivity index (χ0v) is 18.2. The van der Waals surface area contributed by atoms with E-state index in [1.807, 2.05) is 57.0 Å². The van der Waals surface area contributed by atoms with Crippen molar-refractivity contribution in [3.63, 3.8) is 0 Å². The molecule has 5 heteroatoms. The van der Waals surface area contributed by atoms with Crippen molar-refractivity contribution < 1.29 is 4.79 Å². The molecule has 0 unspecified atom stereocenters. The molecule has 1 aromatic carbocycles. The Hall–Kier alpha value is -2.69. The number of benzene rings is 1. The van der Waals surface area contributed by atoms with E-state index in [2.05, 4.69) is 38.9 Å². The summed E-state index contributed by atoms with van der Waals surface area (Å²) in [7, 11) is 1.85. The summed E-state index contributed by atoms with van der Waals surface area (Å²) in [4.78, 5) is 19.9. The number of hydrogen-bond donors (Lipinski definition) is 0. The first-order chi connectivity index (χ1) is 13.0. The van der Waals surface area contributed by atoms with Gasteiger partial charge in [-0.2, -0.15) is 5.10 Å². The van der Waals surface area contributed by atoms with Crippen LogP contribution in [0.5, 0.6) is 0 Å². The number of amides is 1. The molecule has 148 valence electrons. The molecule has 28 heavy (non-hydrogen) atoms. The van der Waals surface area contributed by atoms with Gasteiger partial charge in [0.05, 0.1) is 28.5 Å². The maximum absolute atomic E-state index is 13.3. The lowest BCUT2D eigenvalue weighted by Gasteiger charge is -2.23. The molecule has 0 atom stereocenters. The third-order valence-electron chi connectivity index (χ3n) is 5.14. The van der Waals surface area contributed by atoms with E-state index >= 15 is 0 Å². The molecule has 0 saturated heterocycles. The third kappa shape index (κ3) is 3.66. The summed E-state index contributed by atoms with van der Waals surface area (Å²) >= 11 is 0. The number of aryl methyl sites for hydroxylation is 2. The molecule has 0 N–H and O–H groups in total. The maximum Gasteiger partial charge on any atom is 0.254 e. The van der Waals surface area contributed by atoms with E-state index in [9.17, 15) is 4.79 Å². The Morgan fingerprint density at radius 2 is 1.82 bits per heavy atom. The Morgan fingerprint density at radius 1 is 1.14 bits per heavy atom. The van der Waals surface area contributed by atoms with E-state index in [1.165, 1.54) is 0 Å². The van der Waals surface area contributed by atoms with Crippen LogP contribution in [0.3, 0.4) is 0 Å². The third-order valence-corrected chi connectivity index (χ3v) is 5.14. The van der Waals surface area contributed by atoms with Crippen LogP contribution in [0.1, 0.15) is 56.1 Å². The SMILES string of the molecule is Cc1cc(C)c2c(C(=O)N(C)C(C)C)cc(-c3cnn(C(C)(C)C)c3)nc2c1. The largest absolute Gasteiger partial charge is 0.339 e. The van der Waals surface area contributed by atoms with Crippen LogP contribution >= 0.6 is 0 Å². The predicted molar refractivity (Wildman–Crippen MR) is 115 cm³/mol. The van der Waals surface area contributed by atoms with Gasteiger partial charge in [0.2, 0.25) is 0 Å². The van der Waals surface area contributed by atoms with Crippen molar-refractivity contribution in [2.45, 2.75) is 60.0 Å². The lowest BCUT2D eigenvalue weighted by atomic mass is 9.98. The quantitative estimate of drug-likeness (QED) is 0.648. The van der Waals surface area contributed by atoms with Crippen LogP contribution in [0.4, 0.5) is 0 Å². The van der Waals surface area contributed by atoms with Gasteiger partial charge in [0.15, 0.2) is 0 Å². The highest BCUT2D eigenvalue weighted by atomic mass is 16.2. The number of hydrogen-bond acceptors (Lipinski definition) is 3. The van der Waals surface area contributed by atoms with Crippen LogP contribution in [-0.4, -0.2) is 38.7 Å². The molecule has 5 nitrogen and oxygen atoms in total. The Balaban J connectivity index is 2.26. The van der Waals surface area contributed by atoms with Gasteiger partial charge in [-0.25, -0.2) is 4.98 Å². The zero-order valence-electron chi connectivity index (χ0n) is 18.2. The number of aromatic nitrogens is 3. The van der Waals surface area contributed by atoms with E-state index < -0.39 is 0 Å². The van der Waals surface area contributed by atoms with Gasteiger partial charge in [-0.15, -0.1) is 0 Å². The average molecular weight is 379 g/mol. The summed E-state index contributed by atoms with van der Waals surface area (Å²) in [6.07, 6.45) is 3.82. The van der Waals surface area contributed by atoms with Gasteiger partial charge in [-0.05, 0) is 71.7 Å². The Bertz CT molecular complexity index is 1040. The smallest absolute Gasteiger partial charge is 0.254 e. The molecule has 0 saturated carbocycles. The molecule has 0 fully saturated rings. The van der Waals surface area contributed by atoms with Gasteiger partial charge in [0.1, 0.15) is 0 Å². The van der Waals surface area contributed by atoms with Crippen LogP contribution < -0.4 is 0 Å². The number of carbonyl (C=O) groups is 1. The van der Waals surface area contributed by atoms with Crippen LogP contribution in [0.2, 0.25) is 0 Å². The second kappa shape index (κ2) is 7.04. The monoisotopic (exact) mass is 378 g/mol. The van der Waals surface area contributed by atoms with Crippen molar-refractivity contribution in [1.82, 2.24) is 19.7 Å². The molecule has 1 amide bonds. The molecular formula is C23H30N4O. The first-order valence-corrected chi connectivity index (χ1v) is 9.73. The summed E-state index contributed by atoms with van der Waals surface area (Å²) in [6, 6.07) is 6.18. The van der Waals surface area contributed by atoms with Crippen LogP contribution in [0.25, 0.3) is 22.2 Å². The number of nitrogens with zero attached hydrogens (tertiary/aromatic N) is 4. The van der Waals surface area contributed by atoms with Gasteiger partial charge < -0.3 is 4.90 Å². The molecule has 0 aliphatic heterocycles. The van der Waals surface area contributed by atoms with Crippen molar-refractivity contribution in [3.8, 4) is 11.3 Å². The van der Waals surface area contributed by atoms with E-state index in [-0.39, 0.29) is 17.5 Å². The molecule has 0 aliphatic rings. The van der Waals surface area contributed by atoms with Gasteiger partial charge in [-0.3, -0.25) is 9.48 Å². The van der Waals surface area contributed by atoms with Gasteiger partial charge in [0.25, 0.3) is 5.91 Å². The van der Waals surface area contributed by atoms with E-state index in [4.69, 9.17) is 4.98 Å². The average Bonchev–Trinajstić information content (AvgIpc) is 3.09.